The smallest absolute Gasteiger partial charge is 0.212 e. The van der Waals surface area contributed by atoms with Crippen molar-refractivity contribution in [2.24, 2.45) is 0 Å². The number of imidazole rings is 1. The third kappa shape index (κ3) is 2.29. The molecule has 0 fully saturated rings. The van der Waals surface area contributed by atoms with E-state index in [4.69, 9.17) is 4.74 Å². The predicted molar refractivity (Wildman–Crippen MR) is 81.6 cm³/mol. The van der Waals surface area contributed by atoms with Gasteiger partial charge in [-0.3, -0.25) is 0 Å². The first kappa shape index (κ1) is 13.1. The number of rotatable bonds is 4. The highest BCUT2D eigenvalue weighted by molar-refractivity contribution is 7.16. The summed E-state index contributed by atoms with van der Waals surface area (Å²) in [6.07, 6.45) is 1.97. The van der Waals surface area contributed by atoms with Crippen LogP contribution in [0.25, 0.3) is 16.2 Å². The van der Waals surface area contributed by atoms with Crippen LogP contribution in [0.2, 0.25) is 0 Å². The van der Waals surface area contributed by atoms with Crippen LogP contribution in [-0.4, -0.2) is 21.2 Å². The van der Waals surface area contributed by atoms with Gasteiger partial charge < -0.3 is 4.74 Å². The minimum Gasteiger partial charge on any atom is -0.493 e. The summed E-state index contributed by atoms with van der Waals surface area (Å²) in [7, 11) is 0. The van der Waals surface area contributed by atoms with E-state index in [2.05, 4.69) is 23.9 Å². The van der Waals surface area contributed by atoms with Crippen LogP contribution >= 0.6 is 11.3 Å². The summed E-state index contributed by atoms with van der Waals surface area (Å²) in [5.41, 5.74) is 1.92. The van der Waals surface area contributed by atoms with Crippen molar-refractivity contribution in [2.75, 3.05) is 6.61 Å². The Balaban J connectivity index is 2.04. The van der Waals surface area contributed by atoms with Gasteiger partial charge in [0.15, 0.2) is 0 Å². The summed E-state index contributed by atoms with van der Waals surface area (Å²) >= 11 is 1.64. The minimum absolute atomic E-state index is 0.431. The Bertz CT molecular complexity index is 698. The maximum absolute atomic E-state index is 5.66. The van der Waals surface area contributed by atoms with Crippen molar-refractivity contribution in [3.05, 3.63) is 35.5 Å². The van der Waals surface area contributed by atoms with E-state index in [0.717, 1.165) is 27.0 Å². The van der Waals surface area contributed by atoms with Crippen molar-refractivity contribution in [1.29, 1.82) is 0 Å². The Morgan fingerprint density at radius 1 is 1.30 bits per heavy atom. The van der Waals surface area contributed by atoms with Crippen LogP contribution in [0.5, 0.6) is 5.75 Å². The molecule has 0 aliphatic carbocycles. The lowest BCUT2D eigenvalue weighted by molar-refractivity contribution is 0.341. The van der Waals surface area contributed by atoms with Gasteiger partial charge in [0.1, 0.15) is 10.8 Å². The molecule has 4 nitrogen and oxygen atoms in total. The molecule has 0 saturated heterocycles. The Kier molecular flexibility index (Phi) is 3.44. The van der Waals surface area contributed by atoms with E-state index in [9.17, 15) is 0 Å². The fraction of sp³-hybridized carbons (Fsp3) is 0.333. The van der Waals surface area contributed by atoms with E-state index in [1.165, 1.54) is 0 Å². The number of hydrogen-bond acceptors (Lipinski definition) is 4. The lowest BCUT2D eigenvalue weighted by Gasteiger charge is -2.07. The van der Waals surface area contributed by atoms with Gasteiger partial charge in [0, 0.05) is 11.5 Å². The molecule has 1 aromatic carbocycles. The maximum Gasteiger partial charge on any atom is 0.212 e. The number of benzene rings is 1. The van der Waals surface area contributed by atoms with Gasteiger partial charge in [0.25, 0.3) is 0 Å². The second-order valence-electron chi connectivity index (χ2n) is 4.88. The van der Waals surface area contributed by atoms with Gasteiger partial charge in [0.05, 0.1) is 18.5 Å². The normalized spacial score (nSPS) is 11.4. The summed E-state index contributed by atoms with van der Waals surface area (Å²) in [4.78, 5) is 5.59. The molecular formula is C15H17N3OS. The second kappa shape index (κ2) is 5.25. The summed E-state index contributed by atoms with van der Waals surface area (Å²) in [5.74, 6) is 1.30. The number of hydrogen-bond donors (Lipinski definition) is 0. The number of nitrogens with zero attached hydrogens (tertiary/aromatic N) is 3. The molecule has 0 unspecified atom stereocenters. The summed E-state index contributed by atoms with van der Waals surface area (Å²) < 4.78 is 7.52. The van der Waals surface area contributed by atoms with Crippen molar-refractivity contribution in [3.63, 3.8) is 0 Å². The van der Waals surface area contributed by atoms with E-state index < -0.39 is 0 Å². The van der Waals surface area contributed by atoms with Crippen LogP contribution in [0.3, 0.4) is 0 Å². The zero-order valence-electron chi connectivity index (χ0n) is 11.8. The maximum atomic E-state index is 5.66. The Labute approximate surface area is 122 Å². The molecular weight excluding hydrogens is 270 g/mol. The third-order valence-electron chi connectivity index (χ3n) is 3.02. The summed E-state index contributed by atoms with van der Waals surface area (Å²) in [6.45, 7) is 6.92. The molecule has 0 radical (unpaired) electrons. The van der Waals surface area contributed by atoms with Gasteiger partial charge in [-0.05, 0) is 19.1 Å². The van der Waals surface area contributed by atoms with Gasteiger partial charge in [-0.15, -0.1) is 0 Å². The van der Waals surface area contributed by atoms with E-state index in [1.54, 1.807) is 11.3 Å². The highest BCUT2D eigenvalue weighted by Gasteiger charge is 2.14. The molecule has 5 heteroatoms. The van der Waals surface area contributed by atoms with Crippen molar-refractivity contribution in [2.45, 2.75) is 26.7 Å². The first-order chi connectivity index (χ1) is 9.69. The molecule has 0 saturated carbocycles. The molecule has 2 aromatic heterocycles. The molecule has 2 heterocycles. The lowest BCUT2D eigenvalue weighted by atomic mass is 10.1. The third-order valence-corrected chi connectivity index (χ3v) is 4.24. The average Bonchev–Trinajstić information content (AvgIpc) is 2.97. The lowest BCUT2D eigenvalue weighted by Crippen LogP contribution is -1.94. The van der Waals surface area contributed by atoms with Crippen molar-refractivity contribution in [1.82, 2.24) is 14.6 Å². The van der Waals surface area contributed by atoms with Gasteiger partial charge in [-0.25, -0.2) is 9.50 Å². The number of ether oxygens (including phenoxy) is 1. The molecule has 3 aromatic rings. The van der Waals surface area contributed by atoms with E-state index >= 15 is 0 Å². The van der Waals surface area contributed by atoms with Gasteiger partial charge >= 0.3 is 0 Å². The van der Waals surface area contributed by atoms with Gasteiger partial charge in [-0.2, -0.15) is 5.10 Å². The Hall–Kier alpha value is -1.88. The molecule has 0 amide bonds. The van der Waals surface area contributed by atoms with Crippen LogP contribution in [0.15, 0.2) is 30.5 Å². The molecule has 20 heavy (non-hydrogen) atoms. The quantitative estimate of drug-likeness (QED) is 0.728. The van der Waals surface area contributed by atoms with Crippen molar-refractivity contribution >= 4 is 16.3 Å². The number of para-hydroxylation sites is 1. The standard InChI is InChI=1S/C15H17N3OS/c1-4-19-13-8-6-5-7-11(13)12-9-18-15(16-12)20-14(17-18)10(2)3/h5-10H,4H2,1-3H3. The second-order valence-corrected chi connectivity index (χ2v) is 5.87. The summed E-state index contributed by atoms with van der Waals surface area (Å²) in [5, 5.41) is 5.67. The highest BCUT2D eigenvalue weighted by Crippen LogP contribution is 2.31. The molecule has 104 valence electrons. The fourth-order valence-electron chi connectivity index (χ4n) is 2.04. The minimum atomic E-state index is 0.431. The molecule has 3 rings (SSSR count). The van der Waals surface area contributed by atoms with Crippen molar-refractivity contribution < 1.29 is 4.74 Å². The van der Waals surface area contributed by atoms with Crippen LogP contribution in [0.1, 0.15) is 31.7 Å². The summed E-state index contributed by atoms with van der Waals surface area (Å²) in [6, 6.07) is 7.97. The molecule has 0 atom stereocenters. The fourth-order valence-corrected chi connectivity index (χ4v) is 2.92. The Morgan fingerprint density at radius 2 is 2.10 bits per heavy atom. The van der Waals surface area contributed by atoms with E-state index in [0.29, 0.717) is 12.5 Å². The van der Waals surface area contributed by atoms with E-state index in [-0.39, 0.29) is 0 Å². The largest absolute Gasteiger partial charge is 0.493 e. The molecule has 0 aliphatic heterocycles. The van der Waals surface area contributed by atoms with Crippen LogP contribution in [0.4, 0.5) is 0 Å². The van der Waals surface area contributed by atoms with Gasteiger partial charge in [-0.1, -0.05) is 37.3 Å². The monoisotopic (exact) mass is 287 g/mol. The van der Waals surface area contributed by atoms with Gasteiger partial charge in [0.2, 0.25) is 4.96 Å². The van der Waals surface area contributed by atoms with E-state index in [1.807, 2.05) is 41.9 Å². The predicted octanol–water partition coefficient (Wildman–Crippen LogP) is 3.98. The average molecular weight is 287 g/mol. The molecule has 0 spiro atoms. The highest BCUT2D eigenvalue weighted by atomic mass is 32.1. The number of fused-ring (bicyclic) bond motifs is 1. The first-order valence-electron chi connectivity index (χ1n) is 6.77. The van der Waals surface area contributed by atoms with Crippen molar-refractivity contribution in [3.8, 4) is 17.0 Å². The van der Waals surface area contributed by atoms with Crippen LogP contribution in [-0.2, 0) is 0 Å². The zero-order chi connectivity index (χ0) is 14.1. The molecule has 0 aliphatic rings. The van der Waals surface area contributed by atoms with Crippen LogP contribution in [0, 0.1) is 0 Å². The Morgan fingerprint density at radius 3 is 2.80 bits per heavy atom. The van der Waals surface area contributed by atoms with Crippen LogP contribution < -0.4 is 4.74 Å². The number of aromatic nitrogens is 3. The molecule has 0 bridgehead atoms. The molecule has 0 N–H and O–H groups in total. The zero-order valence-corrected chi connectivity index (χ0v) is 12.6. The first-order valence-corrected chi connectivity index (χ1v) is 7.59. The topological polar surface area (TPSA) is 39.4 Å². The SMILES string of the molecule is CCOc1ccccc1-c1cn2nc(C(C)C)sc2n1.